The zero-order chi connectivity index (χ0) is 46.1. The summed E-state index contributed by atoms with van der Waals surface area (Å²) in [5.74, 6) is 3.17. The summed E-state index contributed by atoms with van der Waals surface area (Å²) in [6.45, 7) is 21.9. The van der Waals surface area contributed by atoms with Crippen molar-refractivity contribution in [2.24, 2.45) is 17.8 Å². The minimum atomic E-state index is -0.151. The number of piperidine rings is 2. The molecule has 0 saturated carbocycles. The number of aryl methyl sites for hydroxylation is 2. The third-order valence-electron chi connectivity index (χ3n) is 15.6. The Bertz CT molecular complexity index is 2730. The highest BCUT2D eigenvalue weighted by Gasteiger charge is 2.41. The molecule has 4 fully saturated rings. The fourth-order valence-electron chi connectivity index (χ4n) is 12.1. The summed E-state index contributed by atoms with van der Waals surface area (Å²) in [5.41, 5.74) is 6.88. The lowest BCUT2D eigenvalue weighted by Gasteiger charge is -2.45. The van der Waals surface area contributed by atoms with Gasteiger partial charge < -0.3 is 9.80 Å². The highest BCUT2D eigenvalue weighted by molar-refractivity contribution is 6.35. The van der Waals surface area contributed by atoms with Crippen molar-refractivity contribution in [2.75, 3.05) is 49.1 Å². The van der Waals surface area contributed by atoms with E-state index in [1.165, 1.54) is 25.9 Å². The van der Waals surface area contributed by atoms with Crippen LogP contribution >= 0.6 is 46.4 Å². The molecule has 4 aliphatic heterocycles. The molecule has 66 heavy (non-hydrogen) atoms. The molecule has 0 aliphatic carbocycles. The first kappa shape index (κ1) is 46.0. The van der Waals surface area contributed by atoms with E-state index in [0.717, 1.165) is 108 Å². The highest BCUT2D eigenvalue weighted by atomic mass is 35.5. The maximum absolute atomic E-state index is 7.12. The number of benzene rings is 2. The molecule has 4 aromatic heterocycles. The topological polar surface area (TPSA) is 100 Å². The summed E-state index contributed by atoms with van der Waals surface area (Å²) in [6, 6.07) is 13.0. The van der Waals surface area contributed by atoms with Crippen molar-refractivity contribution >= 4 is 80.4 Å². The Morgan fingerprint density at radius 3 is 1.94 bits per heavy atom. The van der Waals surface area contributed by atoms with Gasteiger partial charge in [-0.25, -0.2) is 29.3 Å². The van der Waals surface area contributed by atoms with Crippen molar-refractivity contribution in [3.63, 3.8) is 0 Å². The van der Waals surface area contributed by atoms with Gasteiger partial charge in [0.05, 0.1) is 35.9 Å². The largest absolute Gasteiger partial charge is 0.355 e. The molecule has 8 heterocycles. The van der Waals surface area contributed by atoms with Crippen LogP contribution in [0.25, 0.3) is 22.3 Å². The maximum Gasteiger partial charge on any atom is 0.179 e. The first-order chi connectivity index (χ1) is 31.7. The van der Waals surface area contributed by atoms with Crippen LogP contribution in [0.2, 0.25) is 20.1 Å². The van der Waals surface area contributed by atoms with E-state index < -0.39 is 0 Å². The molecule has 12 nitrogen and oxygen atoms in total. The minimum absolute atomic E-state index is 0.145. The second-order valence-corrected chi connectivity index (χ2v) is 21.8. The number of anilines is 2. The van der Waals surface area contributed by atoms with Crippen molar-refractivity contribution < 1.29 is 0 Å². The molecule has 350 valence electrons. The zero-order valence-electron chi connectivity index (χ0n) is 39.2. The molecule has 9 unspecified atom stereocenters. The fraction of sp³-hybridized carbons (Fsp3) is 0.560. The van der Waals surface area contributed by atoms with Gasteiger partial charge in [0, 0.05) is 70.4 Å². The number of fused-ring (bicyclic) bond motifs is 2. The van der Waals surface area contributed by atoms with E-state index in [1.54, 1.807) is 6.07 Å². The molecule has 10 rings (SSSR count). The number of hydrogen-bond donors (Lipinski definition) is 0. The molecule has 4 saturated heterocycles. The van der Waals surface area contributed by atoms with E-state index in [-0.39, 0.29) is 12.1 Å². The maximum atomic E-state index is 7.12. The molecule has 9 atom stereocenters. The van der Waals surface area contributed by atoms with Gasteiger partial charge in [-0.3, -0.25) is 9.80 Å². The molecular formula is C50H62Cl4N12. The molecule has 2 aromatic carbocycles. The lowest BCUT2D eigenvalue weighted by molar-refractivity contribution is 0.119. The monoisotopic (exact) mass is 970 g/mol. The summed E-state index contributed by atoms with van der Waals surface area (Å²) in [7, 11) is 0. The third-order valence-corrected chi connectivity index (χ3v) is 16.7. The Morgan fingerprint density at radius 2 is 1.27 bits per heavy atom. The number of likely N-dealkylation sites (tertiary alicyclic amines) is 2. The molecule has 0 bridgehead atoms. The summed E-state index contributed by atoms with van der Waals surface area (Å²) < 4.78 is 4.08. The second-order valence-electron chi connectivity index (χ2n) is 20.1. The summed E-state index contributed by atoms with van der Waals surface area (Å²) in [6.07, 6.45) is 10.6. The Morgan fingerprint density at radius 1 is 0.667 bits per heavy atom. The van der Waals surface area contributed by atoms with E-state index in [9.17, 15) is 0 Å². The van der Waals surface area contributed by atoms with Crippen LogP contribution in [0, 0.1) is 31.6 Å². The van der Waals surface area contributed by atoms with Crippen LogP contribution in [-0.2, 0) is 0 Å². The van der Waals surface area contributed by atoms with Crippen LogP contribution in [0.15, 0.2) is 48.8 Å². The van der Waals surface area contributed by atoms with Gasteiger partial charge in [-0.15, -0.1) is 0 Å². The van der Waals surface area contributed by atoms with Crippen molar-refractivity contribution in [1.82, 2.24) is 49.3 Å². The fourth-order valence-corrected chi connectivity index (χ4v) is 13.2. The molecule has 0 N–H and O–H groups in total. The summed E-state index contributed by atoms with van der Waals surface area (Å²) >= 11 is 26.5. The number of halogens is 4. The first-order valence-electron chi connectivity index (χ1n) is 24.1. The van der Waals surface area contributed by atoms with Crippen LogP contribution in [0.5, 0.6) is 0 Å². The average molecular weight is 973 g/mol. The van der Waals surface area contributed by atoms with Gasteiger partial charge >= 0.3 is 0 Å². The van der Waals surface area contributed by atoms with Crippen molar-refractivity contribution in [3.8, 4) is 0 Å². The van der Waals surface area contributed by atoms with Gasteiger partial charge in [-0.2, -0.15) is 10.2 Å². The van der Waals surface area contributed by atoms with Gasteiger partial charge in [-0.05, 0) is 139 Å². The Labute approximate surface area is 409 Å². The van der Waals surface area contributed by atoms with Crippen LogP contribution in [0.1, 0.15) is 108 Å². The lowest BCUT2D eigenvalue weighted by atomic mass is 9.88. The van der Waals surface area contributed by atoms with E-state index >= 15 is 0 Å². The van der Waals surface area contributed by atoms with Crippen LogP contribution in [0.3, 0.4) is 0 Å². The van der Waals surface area contributed by atoms with Gasteiger partial charge in [0.15, 0.2) is 11.3 Å². The third kappa shape index (κ3) is 8.65. The number of rotatable bonds is 10. The van der Waals surface area contributed by atoms with Crippen molar-refractivity contribution in [1.29, 1.82) is 0 Å². The lowest BCUT2D eigenvalue weighted by Crippen LogP contribution is -2.53. The first-order valence-corrected chi connectivity index (χ1v) is 25.6. The SMILES string of the molecule is Cc1nn(C(C)c2ccc(Cl)cc2Cl)c2nc(N3CCC(N4CC(CC(c5ccc(Cl)cc5Cl)n5nc(C)c6ncc(N7CC(C)C(N8CCCC8)CC7C)nc65)CC4C)C(C)C3)cnc12. The molecular weight excluding hydrogens is 910 g/mol. The smallest absolute Gasteiger partial charge is 0.179 e. The predicted octanol–water partition coefficient (Wildman–Crippen LogP) is 11.1. The normalized spacial score (nSPS) is 26.6. The van der Waals surface area contributed by atoms with E-state index in [1.807, 2.05) is 55.2 Å². The quantitative estimate of drug-likeness (QED) is 0.132. The Balaban J connectivity index is 0.875. The summed E-state index contributed by atoms with van der Waals surface area (Å²) in [4.78, 5) is 31.0. The second kappa shape index (κ2) is 18.6. The standard InChI is InChI=1S/C50H62Cl4N12/c1-28-25-62(45-23-55-47-32(5)59-65(49(47)57-45)34(7)38-12-10-36(51)21-40(38)53)17-14-42(28)63-27-35(18-30(63)3)20-44(39-13-11-37(52)22-41(39)54)66-50-48(33(6)60-66)56-24-46(58-50)64-26-29(2)43(19-31(64)4)61-15-8-9-16-61/h10-13,21-24,28-31,34-35,42-44H,8-9,14-20,25-27H2,1-7H3. The molecule has 0 amide bonds. The van der Waals surface area contributed by atoms with Gasteiger partial charge in [0.2, 0.25) is 0 Å². The number of nitrogens with zero attached hydrogens (tertiary/aromatic N) is 12. The molecule has 0 spiro atoms. The molecule has 0 radical (unpaired) electrons. The Kier molecular flexibility index (Phi) is 13.0. The minimum Gasteiger partial charge on any atom is -0.355 e. The van der Waals surface area contributed by atoms with Crippen molar-refractivity contribution in [2.45, 2.75) is 123 Å². The molecule has 4 aliphatic rings. The Hall–Kier alpha value is -3.78. The van der Waals surface area contributed by atoms with Crippen LogP contribution < -0.4 is 9.80 Å². The van der Waals surface area contributed by atoms with Gasteiger partial charge in [0.1, 0.15) is 22.7 Å². The van der Waals surface area contributed by atoms with E-state index in [4.69, 9.17) is 76.5 Å². The molecule has 6 aromatic rings. The van der Waals surface area contributed by atoms with Crippen molar-refractivity contribution in [3.05, 3.63) is 91.4 Å². The van der Waals surface area contributed by atoms with Gasteiger partial charge in [0.25, 0.3) is 0 Å². The zero-order valence-corrected chi connectivity index (χ0v) is 42.2. The predicted molar refractivity (Wildman–Crippen MR) is 269 cm³/mol. The van der Waals surface area contributed by atoms with E-state index in [0.29, 0.717) is 62.0 Å². The number of aromatic nitrogens is 8. The van der Waals surface area contributed by atoms with Gasteiger partial charge in [-0.1, -0.05) is 72.4 Å². The summed E-state index contributed by atoms with van der Waals surface area (Å²) in [5, 5.41) is 12.6. The van der Waals surface area contributed by atoms with Crippen LogP contribution in [0.4, 0.5) is 11.6 Å². The number of hydrogen-bond acceptors (Lipinski definition) is 10. The average Bonchev–Trinajstić information content (AvgIpc) is 4.09. The van der Waals surface area contributed by atoms with Crippen LogP contribution in [-0.4, -0.2) is 113 Å². The molecule has 16 heteroatoms. The van der Waals surface area contributed by atoms with E-state index in [2.05, 4.69) is 65.0 Å². The highest BCUT2D eigenvalue weighted by Crippen LogP contribution is 2.41.